The molecule has 0 unspecified atom stereocenters. The number of nitrogens with zero attached hydrogens (tertiary/aromatic N) is 3. The van der Waals surface area contributed by atoms with Crippen LogP contribution in [-0.2, 0) is 17.9 Å². The number of nitrogens with one attached hydrogen (secondary N) is 1. The Morgan fingerprint density at radius 3 is 3.06 bits per heavy atom. The van der Waals surface area contributed by atoms with Gasteiger partial charge in [-0.15, -0.1) is 11.3 Å². The van der Waals surface area contributed by atoms with Crippen LogP contribution in [-0.4, -0.2) is 20.6 Å². The standard InChI is InChI=1S/C10H10N4O3S/c15-10(11-5-9-2-1-3-18-9)7-13-6-8(4-12-13)14(16)17/h1-4,6H,5,7H2,(H,11,15). The molecule has 0 aromatic carbocycles. The number of carbonyl (C=O) groups excluding carboxylic acids is 1. The normalized spacial score (nSPS) is 10.2. The molecule has 0 aliphatic carbocycles. The first kappa shape index (κ1) is 12.2. The molecule has 1 amide bonds. The van der Waals surface area contributed by atoms with Gasteiger partial charge < -0.3 is 5.32 Å². The van der Waals surface area contributed by atoms with Crippen molar-refractivity contribution >= 4 is 22.9 Å². The Balaban J connectivity index is 1.85. The van der Waals surface area contributed by atoms with Gasteiger partial charge in [-0.3, -0.25) is 19.6 Å². The van der Waals surface area contributed by atoms with E-state index in [2.05, 4.69) is 10.4 Å². The summed E-state index contributed by atoms with van der Waals surface area (Å²) < 4.78 is 1.24. The molecule has 2 heterocycles. The van der Waals surface area contributed by atoms with Crippen molar-refractivity contribution in [3.8, 4) is 0 Å². The minimum Gasteiger partial charge on any atom is -0.350 e. The zero-order valence-electron chi connectivity index (χ0n) is 9.28. The molecule has 94 valence electrons. The van der Waals surface area contributed by atoms with Crippen LogP contribution in [0.15, 0.2) is 29.9 Å². The highest BCUT2D eigenvalue weighted by molar-refractivity contribution is 7.09. The molecule has 0 saturated heterocycles. The van der Waals surface area contributed by atoms with E-state index in [4.69, 9.17) is 0 Å². The summed E-state index contributed by atoms with van der Waals surface area (Å²) in [5.41, 5.74) is -0.124. The number of carbonyl (C=O) groups is 1. The van der Waals surface area contributed by atoms with Crippen LogP contribution >= 0.6 is 11.3 Å². The van der Waals surface area contributed by atoms with E-state index in [0.717, 1.165) is 11.1 Å². The predicted molar refractivity (Wildman–Crippen MR) is 65.0 cm³/mol. The van der Waals surface area contributed by atoms with Crippen LogP contribution in [0.1, 0.15) is 4.88 Å². The van der Waals surface area contributed by atoms with E-state index < -0.39 is 4.92 Å². The third-order valence-corrected chi connectivity index (χ3v) is 3.05. The van der Waals surface area contributed by atoms with Gasteiger partial charge in [0.05, 0.1) is 11.5 Å². The fraction of sp³-hybridized carbons (Fsp3) is 0.200. The molecule has 2 aromatic rings. The van der Waals surface area contributed by atoms with E-state index in [1.54, 1.807) is 11.3 Å². The number of amides is 1. The lowest BCUT2D eigenvalue weighted by Crippen LogP contribution is -2.26. The predicted octanol–water partition coefficient (Wildman–Crippen LogP) is 1.17. The summed E-state index contributed by atoms with van der Waals surface area (Å²) in [5.74, 6) is -0.235. The van der Waals surface area contributed by atoms with Gasteiger partial charge in [0.1, 0.15) is 18.9 Å². The molecule has 0 bridgehead atoms. The van der Waals surface area contributed by atoms with Crippen molar-refractivity contribution in [3.05, 3.63) is 44.9 Å². The van der Waals surface area contributed by atoms with Crippen molar-refractivity contribution in [1.82, 2.24) is 15.1 Å². The number of hydrogen-bond donors (Lipinski definition) is 1. The van der Waals surface area contributed by atoms with Crippen LogP contribution in [0.5, 0.6) is 0 Å². The lowest BCUT2D eigenvalue weighted by atomic mass is 10.4. The molecule has 18 heavy (non-hydrogen) atoms. The summed E-state index contributed by atoms with van der Waals surface area (Å²) in [7, 11) is 0. The zero-order chi connectivity index (χ0) is 13.0. The lowest BCUT2D eigenvalue weighted by Gasteiger charge is -2.03. The Kier molecular flexibility index (Phi) is 3.68. The molecule has 0 radical (unpaired) electrons. The van der Waals surface area contributed by atoms with Gasteiger partial charge in [0, 0.05) is 4.88 Å². The third kappa shape index (κ3) is 3.14. The molecular formula is C10H10N4O3S. The van der Waals surface area contributed by atoms with E-state index >= 15 is 0 Å². The summed E-state index contributed by atoms with van der Waals surface area (Å²) in [4.78, 5) is 22.5. The number of hydrogen-bond acceptors (Lipinski definition) is 5. The molecule has 2 rings (SSSR count). The summed E-state index contributed by atoms with van der Waals surface area (Å²) in [5, 5.41) is 18.8. The van der Waals surface area contributed by atoms with Crippen LogP contribution in [0.25, 0.3) is 0 Å². The molecule has 8 heteroatoms. The van der Waals surface area contributed by atoms with Crippen molar-refractivity contribution in [2.45, 2.75) is 13.1 Å². The highest BCUT2D eigenvalue weighted by Crippen LogP contribution is 2.08. The highest BCUT2D eigenvalue weighted by atomic mass is 32.1. The first-order valence-corrected chi connectivity index (χ1v) is 5.99. The van der Waals surface area contributed by atoms with Gasteiger partial charge in [0.25, 0.3) is 0 Å². The molecular weight excluding hydrogens is 256 g/mol. The van der Waals surface area contributed by atoms with Gasteiger partial charge in [0.2, 0.25) is 5.91 Å². The van der Waals surface area contributed by atoms with E-state index in [-0.39, 0.29) is 18.1 Å². The van der Waals surface area contributed by atoms with Gasteiger partial charge >= 0.3 is 5.69 Å². The highest BCUT2D eigenvalue weighted by Gasteiger charge is 2.10. The van der Waals surface area contributed by atoms with Gasteiger partial charge in [-0.25, -0.2) is 0 Å². The summed E-state index contributed by atoms with van der Waals surface area (Å²) in [6.07, 6.45) is 2.34. The first-order chi connectivity index (χ1) is 8.65. The average molecular weight is 266 g/mol. The minimum absolute atomic E-state index is 0.0286. The molecule has 0 atom stereocenters. The molecule has 0 aliphatic rings. The van der Waals surface area contributed by atoms with Crippen LogP contribution in [0.4, 0.5) is 5.69 Å². The molecule has 1 N–H and O–H groups in total. The maximum absolute atomic E-state index is 11.5. The van der Waals surface area contributed by atoms with Gasteiger partial charge in [-0.05, 0) is 11.4 Å². The van der Waals surface area contributed by atoms with Crippen LogP contribution in [0.3, 0.4) is 0 Å². The van der Waals surface area contributed by atoms with Gasteiger partial charge in [0.15, 0.2) is 0 Å². The number of rotatable bonds is 5. The van der Waals surface area contributed by atoms with Crippen molar-refractivity contribution in [2.24, 2.45) is 0 Å². The Bertz CT molecular complexity index is 549. The van der Waals surface area contributed by atoms with Crippen LogP contribution in [0, 0.1) is 10.1 Å². The van der Waals surface area contributed by atoms with Crippen LogP contribution in [0.2, 0.25) is 0 Å². The maximum atomic E-state index is 11.5. The van der Waals surface area contributed by atoms with E-state index in [1.165, 1.54) is 10.9 Å². The quantitative estimate of drug-likeness (QED) is 0.649. The second-order valence-corrected chi connectivity index (χ2v) is 4.54. The monoisotopic (exact) mass is 266 g/mol. The zero-order valence-corrected chi connectivity index (χ0v) is 10.1. The second-order valence-electron chi connectivity index (χ2n) is 3.51. The van der Waals surface area contributed by atoms with Crippen molar-refractivity contribution < 1.29 is 9.72 Å². The molecule has 2 aromatic heterocycles. The maximum Gasteiger partial charge on any atom is 0.307 e. The molecule has 0 fully saturated rings. The molecule has 0 saturated carbocycles. The number of thiophene rings is 1. The van der Waals surface area contributed by atoms with E-state index in [0.29, 0.717) is 6.54 Å². The van der Waals surface area contributed by atoms with E-state index in [1.807, 2.05) is 17.5 Å². The SMILES string of the molecule is O=C(Cn1cc([N+](=O)[O-])cn1)NCc1cccs1. The van der Waals surface area contributed by atoms with Gasteiger partial charge in [-0.2, -0.15) is 5.10 Å². The Morgan fingerprint density at radius 1 is 1.61 bits per heavy atom. The molecule has 0 aliphatic heterocycles. The smallest absolute Gasteiger partial charge is 0.307 e. The fourth-order valence-corrected chi connectivity index (χ4v) is 1.98. The molecule has 7 nitrogen and oxygen atoms in total. The lowest BCUT2D eigenvalue weighted by molar-refractivity contribution is -0.385. The number of aromatic nitrogens is 2. The fourth-order valence-electron chi connectivity index (χ4n) is 1.34. The Hall–Kier alpha value is -2.22. The van der Waals surface area contributed by atoms with Gasteiger partial charge in [-0.1, -0.05) is 6.07 Å². The van der Waals surface area contributed by atoms with Crippen molar-refractivity contribution in [1.29, 1.82) is 0 Å². The first-order valence-electron chi connectivity index (χ1n) is 5.11. The Morgan fingerprint density at radius 2 is 2.44 bits per heavy atom. The second kappa shape index (κ2) is 5.41. The van der Waals surface area contributed by atoms with Crippen molar-refractivity contribution in [3.63, 3.8) is 0 Å². The summed E-state index contributed by atoms with van der Waals surface area (Å²) in [6.45, 7) is 0.430. The summed E-state index contributed by atoms with van der Waals surface area (Å²) in [6, 6.07) is 3.83. The third-order valence-electron chi connectivity index (χ3n) is 2.18. The summed E-state index contributed by atoms with van der Waals surface area (Å²) >= 11 is 1.55. The van der Waals surface area contributed by atoms with Crippen molar-refractivity contribution in [2.75, 3.05) is 0 Å². The van der Waals surface area contributed by atoms with E-state index in [9.17, 15) is 14.9 Å². The topological polar surface area (TPSA) is 90.1 Å². The minimum atomic E-state index is -0.549. The largest absolute Gasteiger partial charge is 0.350 e. The molecule has 0 spiro atoms. The average Bonchev–Trinajstić information content (AvgIpc) is 2.96. The number of nitro groups is 1. The van der Waals surface area contributed by atoms with Crippen LogP contribution < -0.4 is 5.32 Å². The Labute approximate surface area is 106 Å².